The van der Waals surface area contributed by atoms with E-state index in [1.165, 1.54) is 12.8 Å². The van der Waals surface area contributed by atoms with E-state index in [1.54, 1.807) is 18.2 Å². The molecule has 1 atom stereocenters. The molecular weight excluding hydrogens is 307 g/mol. The SMILES string of the molecule is NC1CC(C(CC2CC2)NC(=O)c2ccc(Cl)cc2Cl)C1. The summed E-state index contributed by atoms with van der Waals surface area (Å²) in [5.41, 5.74) is 6.38. The molecule has 0 aromatic heterocycles. The lowest BCUT2D eigenvalue weighted by Gasteiger charge is -2.39. The van der Waals surface area contributed by atoms with Crippen LogP contribution in [0.15, 0.2) is 18.2 Å². The van der Waals surface area contributed by atoms with Gasteiger partial charge in [0, 0.05) is 17.1 Å². The van der Waals surface area contributed by atoms with Crippen LogP contribution in [-0.2, 0) is 0 Å². The number of carbonyl (C=O) groups excluding carboxylic acids is 1. The van der Waals surface area contributed by atoms with Gasteiger partial charge in [-0.05, 0) is 49.3 Å². The highest BCUT2D eigenvalue weighted by Gasteiger charge is 2.37. The van der Waals surface area contributed by atoms with Crippen LogP contribution in [0.1, 0.15) is 42.5 Å². The normalized spacial score (nSPS) is 26.0. The van der Waals surface area contributed by atoms with Crippen LogP contribution in [-0.4, -0.2) is 18.0 Å². The van der Waals surface area contributed by atoms with Crippen molar-refractivity contribution in [3.05, 3.63) is 33.8 Å². The lowest BCUT2D eigenvalue weighted by atomic mass is 9.74. The molecule has 0 saturated heterocycles. The lowest BCUT2D eigenvalue weighted by molar-refractivity contribution is 0.0882. The summed E-state index contributed by atoms with van der Waals surface area (Å²) in [4.78, 5) is 12.4. The molecule has 2 aliphatic carbocycles. The van der Waals surface area contributed by atoms with Crippen LogP contribution in [0.3, 0.4) is 0 Å². The third kappa shape index (κ3) is 3.71. The van der Waals surface area contributed by atoms with Gasteiger partial charge in [0.05, 0.1) is 10.6 Å². The summed E-state index contributed by atoms with van der Waals surface area (Å²) >= 11 is 12.0. The number of hydrogen-bond donors (Lipinski definition) is 2. The maximum Gasteiger partial charge on any atom is 0.253 e. The Bertz CT molecular complexity index is 539. The van der Waals surface area contributed by atoms with Crippen molar-refractivity contribution in [2.24, 2.45) is 17.6 Å². The fourth-order valence-electron chi connectivity index (χ4n) is 3.04. The molecule has 1 aromatic rings. The predicted molar refractivity (Wildman–Crippen MR) is 85.8 cm³/mol. The maximum absolute atomic E-state index is 12.4. The predicted octanol–water partition coefficient (Wildman–Crippen LogP) is 3.63. The van der Waals surface area contributed by atoms with Crippen molar-refractivity contribution in [2.75, 3.05) is 0 Å². The Labute approximate surface area is 135 Å². The van der Waals surface area contributed by atoms with Gasteiger partial charge in [-0.15, -0.1) is 0 Å². The van der Waals surface area contributed by atoms with Gasteiger partial charge in [-0.25, -0.2) is 0 Å². The van der Waals surface area contributed by atoms with Gasteiger partial charge < -0.3 is 11.1 Å². The van der Waals surface area contributed by atoms with E-state index in [4.69, 9.17) is 28.9 Å². The minimum atomic E-state index is -0.109. The van der Waals surface area contributed by atoms with Gasteiger partial charge in [0.15, 0.2) is 0 Å². The molecule has 5 heteroatoms. The van der Waals surface area contributed by atoms with Crippen molar-refractivity contribution in [2.45, 2.75) is 44.2 Å². The number of nitrogens with one attached hydrogen (secondary N) is 1. The molecule has 2 aliphatic rings. The maximum atomic E-state index is 12.4. The average molecular weight is 327 g/mol. The molecule has 0 heterocycles. The van der Waals surface area contributed by atoms with Gasteiger partial charge in [-0.3, -0.25) is 4.79 Å². The number of benzene rings is 1. The highest BCUT2D eigenvalue weighted by atomic mass is 35.5. The summed E-state index contributed by atoms with van der Waals surface area (Å²) in [5, 5.41) is 4.10. The van der Waals surface area contributed by atoms with E-state index < -0.39 is 0 Å². The van der Waals surface area contributed by atoms with Crippen LogP contribution < -0.4 is 11.1 Å². The van der Waals surface area contributed by atoms with Crippen LogP contribution in [0.2, 0.25) is 10.0 Å². The highest BCUT2D eigenvalue weighted by molar-refractivity contribution is 6.36. The molecule has 1 unspecified atom stereocenters. The van der Waals surface area contributed by atoms with E-state index in [9.17, 15) is 4.79 Å². The van der Waals surface area contributed by atoms with Gasteiger partial charge >= 0.3 is 0 Å². The first kappa shape index (κ1) is 15.1. The zero-order chi connectivity index (χ0) is 15.0. The van der Waals surface area contributed by atoms with E-state index in [2.05, 4.69) is 5.32 Å². The monoisotopic (exact) mass is 326 g/mol. The minimum absolute atomic E-state index is 0.109. The molecule has 2 fully saturated rings. The zero-order valence-electron chi connectivity index (χ0n) is 11.8. The number of hydrogen-bond acceptors (Lipinski definition) is 2. The summed E-state index contributed by atoms with van der Waals surface area (Å²) in [5.74, 6) is 1.17. The van der Waals surface area contributed by atoms with E-state index in [0.717, 1.165) is 25.2 Å². The first-order valence-electron chi connectivity index (χ1n) is 7.54. The standard InChI is InChI=1S/C16H20Cl2N2O/c17-11-3-4-13(14(18)8-11)16(21)20-15(5-9-1-2-9)10-6-12(19)7-10/h3-4,8-10,12,15H,1-2,5-7,19H2,(H,20,21). The van der Waals surface area contributed by atoms with E-state index >= 15 is 0 Å². The number of rotatable bonds is 5. The van der Waals surface area contributed by atoms with Crippen molar-refractivity contribution >= 4 is 29.1 Å². The first-order chi connectivity index (χ1) is 10.0. The average Bonchev–Trinajstić information content (AvgIpc) is 3.18. The summed E-state index contributed by atoms with van der Waals surface area (Å²) in [6.07, 6.45) is 5.64. The highest BCUT2D eigenvalue weighted by Crippen LogP contribution is 2.39. The number of amides is 1. The van der Waals surface area contributed by atoms with Gasteiger partial charge in [-0.2, -0.15) is 0 Å². The van der Waals surface area contributed by atoms with Gasteiger partial charge in [0.1, 0.15) is 0 Å². The second-order valence-electron chi connectivity index (χ2n) is 6.37. The van der Waals surface area contributed by atoms with Crippen molar-refractivity contribution in [3.8, 4) is 0 Å². The Morgan fingerprint density at radius 2 is 2.05 bits per heavy atom. The van der Waals surface area contributed by atoms with Crippen molar-refractivity contribution in [1.29, 1.82) is 0 Å². The molecule has 0 aliphatic heterocycles. The third-order valence-electron chi connectivity index (χ3n) is 4.56. The van der Waals surface area contributed by atoms with Crippen LogP contribution in [0, 0.1) is 11.8 Å². The van der Waals surface area contributed by atoms with E-state index in [0.29, 0.717) is 27.6 Å². The largest absolute Gasteiger partial charge is 0.349 e. The second kappa shape index (κ2) is 6.15. The molecule has 0 radical (unpaired) electrons. The van der Waals surface area contributed by atoms with Crippen LogP contribution in [0.4, 0.5) is 0 Å². The molecule has 0 bridgehead atoms. The summed E-state index contributed by atoms with van der Waals surface area (Å²) in [6, 6.07) is 5.50. The molecule has 2 saturated carbocycles. The lowest BCUT2D eigenvalue weighted by Crippen LogP contribution is -2.49. The van der Waals surface area contributed by atoms with Crippen molar-refractivity contribution in [1.82, 2.24) is 5.32 Å². The van der Waals surface area contributed by atoms with Crippen LogP contribution in [0.25, 0.3) is 0 Å². The molecule has 3 N–H and O–H groups in total. The Morgan fingerprint density at radius 3 is 2.62 bits per heavy atom. The molecule has 0 spiro atoms. The number of nitrogens with two attached hydrogens (primary N) is 1. The fraction of sp³-hybridized carbons (Fsp3) is 0.562. The van der Waals surface area contributed by atoms with Gasteiger partial charge in [0.25, 0.3) is 5.91 Å². The van der Waals surface area contributed by atoms with Gasteiger partial charge in [0.2, 0.25) is 0 Å². The Hall–Kier alpha value is -0.770. The zero-order valence-corrected chi connectivity index (χ0v) is 13.3. The molecule has 1 amide bonds. The van der Waals surface area contributed by atoms with Crippen molar-refractivity contribution in [3.63, 3.8) is 0 Å². The summed E-state index contributed by atoms with van der Waals surface area (Å²) in [6.45, 7) is 0. The fourth-order valence-corrected chi connectivity index (χ4v) is 3.53. The molecule has 1 aromatic carbocycles. The molecule has 3 nitrogen and oxygen atoms in total. The Morgan fingerprint density at radius 1 is 1.33 bits per heavy atom. The molecule has 114 valence electrons. The first-order valence-corrected chi connectivity index (χ1v) is 8.30. The third-order valence-corrected chi connectivity index (χ3v) is 5.10. The Balaban J connectivity index is 1.67. The van der Waals surface area contributed by atoms with Crippen LogP contribution in [0.5, 0.6) is 0 Å². The second-order valence-corrected chi connectivity index (χ2v) is 7.22. The van der Waals surface area contributed by atoms with Crippen molar-refractivity contribution < 1.29 is 4.79 Å². The molecular formula is C16H20Cl2N2O. The number of halogens is 2. The molecule has 21 heavy (non-hydrogen) atoms. The summed E-state index contributed by atoms with van der Waals surface area (Å²) in [7, 11) is 0. The Kier molecular flexibility index (Phi) is 4.43. The van der Waals surface area contributed by atoms with Crippen LogP contribution >= 0.6 is 23.2 Å². The molecule has 3 rings (SSSR count). The smallest absolute Gasteiger partial charge is 0.253 e. The number of carbonyl (C=O) groups is 1. The summed E-state index contributed by atoms with van der Waals surface area (Å²) < 4.78 is 0. The topological polar surface area (TPSA) is 55.1 Å². The van der Waals surface area contributed by atoms with Gasteiger partial charge in [-0.1, -0.05) is 36.0 Å². The minimum Gasteiger partial charge on any atom is -0.349 e. The van der Waals surface area contributed by atoms with E-state index in [1.807, 2.05) is 0 Å². The quantitative estimate of drug-likeness (QED) is 0.868. The van der Waals surface area contributed by atoms with E-state index in [-0.39, 0.29) is 11.9 Å².